The maximum atomic E-state index is 13.7. The molecular weight excluding hydrogens is 553 g/mol. The fourth-order valence-corrected chi connectivity index (χ4v) is 6.08. The van der Waals surface area contributed by atoms with Crippen LogP contribution in [0.1, 0.15) is 67.0 Å². The second-order valence-electron chi connectivity index (χ2n) is 10.8. The van der Waals surface area contributed by atoms with Gasteiger partial charge < -0.3 is 9.47 Å². The molecule has 2 aromatic carbocycles. The Hall–Kier alpha value is -2.65. The third kappa shape index (κ3) is 6.88. The lowest BCUT2D eigenvalue weighted by atomic mass is 10.0. The lowest BCUT2D eigenvalue weighted by Gasteiger charge is -2.41. The highest BCUT2D eigenvalue weighted by molar-refractivity contribution is 5.35. The topological polar surface area (TPSA) is 24.9 Å². The number of benzene rings is 2. The molecule has 3 unspecified atom stereocenters. The van der Waals surface area contributed by atoms with Crippen LogP contribution in [0, 0.1) is 17.7 Å². The van der Waals surface area contributed by atoms with Crippen LogP contribution in [-0.4, -0.2) is 54.4 Å². The van der Waals surface area contributed by atoms with Gasteiger partial charge in [-0.3, -0.25) is 9.80 Å². The molecule has 3 heterocycles. The molecule has 3 atom stereocenters. The highest BCUT2D eigenvalue weighted by Crippen LogP contribution is 2.40. The summed E-state index contributed by atoms with van der Waals surface area (Å²) in [7, 11) is 0. The zero-order valence-electron chi connectivity index (χ0n) is 22.4. The summed E-state index contributed by atoms with van der Waals surface area (Å²) >= 11 is 0. The minimum atomic E-state index is -4.97. The first-order chi connectivity index (χ1) is 19.4. The van der Waals surface area contributed by atoms with E-state index in [9.17, 15) is 30.7 Å². The molecular formula is C30H31F7N2O2. The van der Waals surface area contributed by atoms with Crippen molar-refractivity contribution in [2.45, 2.75) is 75.5 Å². The Kier molecular flexibility index (Phi) is 8.67. The van der Waals surface area contributed by atoms with Crippen LogP contribution in [0.4, 0.5) is 30.7 Å². The minimum absolute atomic E-state index is 0.0859. The van der Waals surface area contributed by atoms with Gasteiger partial charge in [-0.1, -0.05) is 24.0 Å². The number of hydrogen-bond acceptors (Lipinski definition) is 4. The molecule has 3 fully saturated rings. The Morgan fingerprint density at radius 2 is 1.44 bits per heavy atom. The summed E-state index contributed by atoms with van der Waals surface area (Å²) in [6, 6.07) is 7.65. The maximum Gasteiger partial charge on any atom is 0.416 e. The van der Waals surface area contributed by atoms with Gasteiger partial charge in [0.05, 0.1) is 43.0 Å². The van der Waals surface area contributed by atoms with Crippen molar-refractivity contribution in [2.75, 3.05) is 26.2 Å². The molecule has 3 saturated heterocycles. The van der Waals surface area contributed by atoms with E-state index in [1.807, 2.05) is 4.90 Å². The molecule has 0 aliphatic carbocycles. The fourth-order valence-electron chi connectivity index (χ4n) is 6.08. The van der Waals surface area contributed by atoms with E-state index in [0.717, 1.165) is 0 Å². The summed E-state index contributed by atoms with van der Waals surface area (Å²) in [5.41, 5.74) is -2.49. The number of ether oxygens (including phenoxy) is 2. The number of morpholine rings is 1. The summed E-state index contributed by atoms with van der Waals surface area (Å²) in [4.78, 5) is 4.43. The van der Waals surface area contributed by atoms with E-state index in [-0.39, 0.29) is 18.2 Å². The van der Waals surface area contributed by atoms with E-state index in [1.54, 1.807) is 12.1 Å². The van der Waals surface area contributed by atoms with Gasteiger partial charge in [-0.2, -0.15) is 26.3 Å². The van der Waals surface area contributed by atoms with Crippen LogP contribution in [0.2, 0.25) is 0 Å². The summed E-state index contributed by atoms with van der Waals surface area (Å²) in [5, 5.41) is 0. The molecule has 3 aliphatic heterocycles. The Balaban J connectivity index is 1.36. The van der Waals surface area contributed by atoms with Crippen molar-refractivity contribution in [1.29, 1.82) is 0 Å². The maximum absolute atomic E-state index is 13.7. The van der Waals surface area contributed by atoms with Gasteiger partial charge in [0.15, 0.2) is 6.29 Å². The summed E-state index contributed by atoms with van der Waals surface area (Å²) in [6.45, 7) is 3.06. The van der Waals surface area contributed by atoms with Gasteiger partial charge in [0.2, 0.25) is 0 Å². The van der Waals surface area contributed by atoms with E-state index < -0.39 is 47.7 Å². The van der Waals surface area contributed by atoms with E-state index in [1.165, 1.54) is 44.7 Å². The zero-order chi connectivity index (χ0) is 29.4. The third-order valence-electron chi connectivity index (χ3n) is 8.21. The summed E-state index contributed by atoms with van der Waals surface area (Å²) < 4.78 is 106. The molecule has 0 spiro atoms. The second kappa shape index (κ2) is 11.9. The molecule has 3 aliphatic rings. The van der Waals surface area contributed by atoms with E-state index >= 15 is 0 Å². The first kappa shape index (κ1) is 29.8. The zero-order valence-corrected chi connectivity index (χ0v) is 22.4. The van der Waals surface area contributed by atoms with Gasteiger partial charge in [-0.05, 0) is 74.1 Å². The monoisotopic (exact) mass is 584 g/mol. The van der Waals surface area contributed by atoms with Gasteiger partial charge in [0.1, 0.15) is 5.82 Å². The Bertz CT molecular complexity index is 1220. The van der Waals surface area contributed by atoms with Crippen molar-refractivity contribution in [3.05, 3.63) is 70.5 Å². The van der Waals surface area contributed by atoms with E-state index in [0.29, 0.717) is 49.4 Å². The first-order valence-corrected chi connectivity index (χ1v) is 13.7. The smallest absolute Gasteiger partial charge is 0.349 e. The van der Waals surface area contributed by atoms with Crippen molar-refractivity contribution in [3.63, 3.8) is 0 Å². The van der Waals surface area contributed by atoms with Crippen molar-refractivity contribution < 1.29 is 40.2 Å². The van der Waals surface area contributed by atoms with Crippen LogP contribution < -0.4 is 0 Å². The predicted octanol–water partition coefficient (Wildman–Crippen LogP) is 6.97. The molecule has 0 radical (unpaired) electrons. The quantitative estimate of drug-likeness (QED) is 0.271. The molecule has 41 heavy (non-hydrogen) atoms. The van der Waals surface area contributed by atoms with E-state index in [4.69, 9.17) is 9.47 Å². The average molecular weight is 585 g/mol. The number of halogens is 7. The number of fused-ring (bicyclic) bond motifs is 2. The van der Waals surface area contributed by atoms with Gasteiger partial charge in [-0.25, -0.2) is 4.39 Å². The van der Waals surface area contributed by atoms with E-state index in [2.05, 4.69) is 16.7 Å². The number of hydrogen-bond donors (Lipinski definition) is 0. The molecule has 0 saturated carbocycles. The molecule has 0 N–H and O–H groups in total. The molecule has 5 rings (SSSR count). The van der Waals surface area contributed by atoms with Crippen LogP contribution in [0.3, 0.4) is 0 Å². The van der Waals surface area contributed by atoms with Gasteiger partial charge in [-0.15, -0.1) is 0 Å². The second-order valence-corrected chi connectivity index (χ2v) is 10.8. The SMILES string of the molecule is CC(OC1OCCN(CC#CCN2C3CCC2CC3)C1c1ccc(F)cc1)c1cc(C(F)(F)F)cc(C(F)(F)F)c1. The fraction of sp³-hybridized carbons (Fsp3) is 0.533. The number of rotatable bonds is 6. The normalized spacial score (nSPS) is 26.1. The van der Waals surface area contributed by atoms with Crippen molar-refractivity contribution in [3.8, 4) is 11.8 Å². The van der Waals surface area contributed by atoms with Crippen molar-refractivity contribution >= 4 is 0 Å². The first-order valence-electron chi connectivity index (χ1n) is 13.7. The Morgan fingerprint density at radius 3 is 2.00 bits per heavy atom. The average Bonchev–Trinajstić information content (AvgIpc) is 3.50. The Labute approximate surface area is 234 Å². The third-order valence-corrected chi connectivity index (χ3v) is 8.21. The van der Waals surface area contributed by atoms with Gasteiger partial charge in [0, 0.05) is 18.6 Å². The molecule has 222 valence electrons. The van der Waals surface area contributed by atoms with Crippen molar-refractivity contribution in [2.24, 2.45) is 0 Å². The molecule has 2 aromatic rings. The van der Waals surface area contributed by atoms with Gasteiger partial charge in [0.25, 0.3) is 0 Å². The largest absolute Gasteiger partial charge is 0.416 e. The summed E-state index contributed by atoms with van der Waals surface area (Å²) in [6.07, 6.45) is -7.36. The number of nitrogens with zero attached hydrogens (tertiary/aromatic N) is 2. The number of alkyl halides is 6. The lowest BCUT2D eigenvalue weighted by Crippen LogP contribution is -2.46. The van der Waals surface area contributed by atoms with Crippen molar-refractivity contribution in [1.82, 2.24) is 9.80 Å². The minimum Gasteiger partial charge on any atom is -0.349 e. The van der Waals surface area contributed by atoms with Crippen LogP contribution in [-0.2, 0) is 21.8 Å². The molecule has 4 nitrogen and oxygen atoms in total. The standard InChI is InChI=1S/C30H31F7N2O2/c1-19(21-16-22(29(32,33)34)18-23(17-21)30(35,36)37)41-28-27(20-4-6-24(31)7-5-20)38(14-15-40-28)12-2-3-13-39-25-8-9-26(39)11-10-25/h4-7,16-19,25-28H,8-15H2,1H3. The van der Waals surface area contributed by atoms with Crippen LogP contribution >= 0.6 is 0 Å². The van der Waals surface area contributed by atoms with Crippen LogP contribution in [0.5, 0.6) is 0 Å². The lowest BCUT2D eigenvalue weighted by molar-refractivity contribution is -0.228. The molecule has 0 amide bonds. The van der Waals surface area contributed by atoms with Crippen LogP contribution in [0.15, 0.2) is 42.5 Å². The summed E-state index contributed by atoms with van der Waals surface area (Å²) in [5.74, 6) is 6.02. The molecule has 2 bridgehead atoms. The predicted molar refractivity (Wildman–Crippen MR) is 137 cm³/mol. The van der Waals surface area contributed by atoms with Gasteiger partial charge >= 0.3 is 12.4 Å². The highest BCUT2D eigenvalue weighted by atomic mass is 19.4. The molecule has 0 aromatic heterocycles. The van der Waals surface area contributed by atoms with Crippen LogP contribution in [0.25, 0.3) is 0 Å². The Morgan fingerprint density at radius 1 is 0.878 bits per heavy atom. The molecule has 11 heteroatoms. The highest BCUT2D eigenvalue weighted by Gasteiger charge is 2.40.